The number of hydrogen-bond donors (Lipinski definition) is 2. The zero-order valence-electron chi connectivity index (χ0n) is 12.1. The molecule has 2 N–H and O–H groups in total. The summed E-state index contributed by atoms with van der Waals surface area (Å²) in [6, 6.07) is 0. The van der Waals surface area contributed by atoms with E-state index in [9.17, 15) is 0 Å². The zero-order chi connectivity index (χ0) is 13.2. The molecule has 1 radical (unpaired) electrons. The molecule has 1 rings (SSSR count). The van der Waals surface area contributed by atoms with Crippen LogP contribution in [0.4, 0.5) is 0 Å². The number of rotatable bonds is 6. The van der Waals surface area contributed by atoms with E-state index in [1.165, 1.54) is 12.8 Å². The number of unbranched alkanes of at least 4 members (excludes halogenated alkanes) is 4. The Morgan fingerprint density at radius 1 is 0.944 bits per heavy atom. The molecule has 0 atom stereocenters. The molecule has 0 aromatic heterocycles. The Morgan fingerprint density at radius 2 is 1.44 bits per heavy atom. The molecule has 1 aliphatic rings. The van der Waals surface area contributed by atoms with Gasteiger partial charge in [-0.2, -0.15) is 6.08 Å². The van der Waals surface area contributed by atoms with Gasteiger partial charge < -0.3 is 10.2 Å². The third kappa shape index (κ3) is 30.0. The van der Waals surface area contributed by atoms with Gasteiger partial charge >= 0.3 is 0 Å². The predicted octanol–water partition coefficient (Wildman–Crippen LogP) is 3.64. The fraction of sp³-hybridized carbons (Fsp3) is 0.733. The van der Waals surface area contributed by atoms with Crippen molar-refractivity contribution in [3.63, 3.8) is 0 Å². The second-order valence-electron chi connectivity index (χ2n) is 3.86. The molecule has 0 aromatic rings. The molecular formula is C15H29LaO2-. The minimum atomic E-state index is 0. The molecule has 1 aliphatic carbocycles. The fourth-order valence-corrected chi connectivity index (χ4v) is 1.06. The van der Waals surface area contributed by atoms with Crippen molar-refractivity contribution in [1.82, 2.24) is 0 Å². The molecule has 0 fully saturated rings. The van der Waals surface area contributed by atoms with E-state index in [0.29, 0.717) is 13.2 Å². The van der Waals surface area contributed by atoms with Crippen molar-refractivity contribution in [2.45, 2.75) is 58.8 Å². The molecule has 0 aromatic carbocycles. The van der Waals surface area contributed by atoms with E-state index in [0.717, 1.165) is 32.1 Å². The van der Waals surface area contributed by atoms with E-state index in [4.69, 9.17) is 10.2 Å². The van der Waals surface area contributed by atoms with E-state index < -0.39 is 0 Å². The summed E-state index contributed by atoms with van der Waals surface area (Å²) in [6.45, 7) is 4.95. The average molecular weight is 380 g/mol. The number of aliphatic hydroxyl groups is 2. The zero-order valence-corrected chi connectivity index (χ0v) is 15.7. The SMILES string of the molecule is CCCCCO.CCCCCO.[C-]1=CC=CC1.[La]. The normalized spacial score (nSPS) is 10.9. The van der Waals surface area contributed by atoms with Gasteiger partial charge in [-0.3, -0.25) is 6.08 Å². The third-order valence-corrected chi connectivity index (χ3v) is 2.11. The van der Waals surface area contributed by atoms with Gasteiger partial charge in [0, 0.05) is 48.8 Å². The van der Waals surface area contributed by atoms with Crippen LogP contribution in [-0.4, -0.2) is 23.4 Å². The van der Waals surface area contributed by atoms with Crippen LogP contribution in [-0.2, 0) is 0 Å². The van der Waals surface area contributed by atoms with Gasteiger partial charge in [0.2, 0.25) is 0 Å². The minimum absolute atomic E-state index is 0. The Hall–Kier alpha value is 0.595. The maximum atomic E-state index is 8.20. The van der Waals surface area contributed by atoms with Gasteiger partial charge in [0.1, 0.15) is 0 Å². The van der Waals surface area contributed by atoms with Crippen LogP contribution in [0.5, 0.6) is 0 Å². The quantitative estimate of drug-likeness (QED) is 0.546. The third-order valence-electron chi connectivity index (χ3n) is 2.11. The Balaban J connectivity index is -0.000000183. The van der Waals surface area contributed by atoms with Crippen molar-refractivity contribution in [3.8, 4) is 0 Å². The summed E-state index contributed by atoms with van der Waals surface area (Å²) in [7, 11) is 0. The number of aliphatic hydroxyl groups excluding tert-OH is 2. The van der Waals surface area contributed by atoms with Crippen LogP contribution < -0.4 is 0 Å². The molecule has 2 nitrogen and oxygen atoms in total. The first-order valence-corrected chi connectivity index (χ1v) is 6.76. The van der Waals surface area contributed by atoms with Gasteiger partial charge in [-0.05, 0) is 12.8 Å². The van der Waals surface area contributed by atoms with Gasteiger partial charge in [0.25, 0.3) is 0 Å². The summed E-state index contributed by atoms with van der Waals surface area (Å²) in [5.74, 6) is 0. The van der Waals surface area contributed by atoms with Crippen LogP contribution in [0.2, 0.25) is 0 Å². The van der Waals surface area contributed by atoms with Crippen LogP contribution in [0.3, 0.4) is 0 Å². The van der Waals surface area contributed by atoms with Crippen LogP contribution in [0, 0.1) is 41.7 Å². The Labute approximate surface area is 141 Å². The molecule has 0 saturated heterocycles. The minimum Gasteiger partial charge on any atom is -0.396 e. The molecule has 0 spiro atoms. The fourth-order valence-electron chi connectivity index (χ4n) is 1.06. The van der Waals surface area contributed by atoms with Gasteiger partial charge in [-0.25, -0.2) is 12.2 Å². The summed E-state index contributed by atoms with van der Waals surface area (Å²) in [5, 5.41) is 16.4. The largest absolute Gasteiger partial charge is 0.396 e. The summed E-state index contributed by atoms with van der Waals surface area (Å²) >= 11 is 0. The van der Waals surface area contributed by atoms with Crippen LogP contribution in [0.15, 0.2) is 18.2 Å². The van der Waals surface area contributed by atoms with Gasteiger partial charge in [0.05, 0.1) is 0 Å². The van der Waals surface area contributed by atoms with Crippen molar-refractivity contribution in [2.75, 3.05) is 13.2 Å². The first kappa shape index (κ1) is 23.7. The molecule has 0 aliphatic heterocycles. The molecule has 0 amide bonds. The molecule has 0 unspecified atom stereocenters. The van der Waals surface area contributed by atoms with Gasteiger partial charge in [0.15, 0.2) is 0 Å². The molecule has 0 heterocycles. The van der Waals surface area contributed by atoms with E-state index in [1.54, 1.807) is 0 Å². The van der Waals surface area contributed by atoms with Crippen molar-refractivity contribution in [1.29, 1.82) is 0 Å². The first-order valence-electron chi connectivity index (χ1n) is 6.76. The smallest absolute Gasteiger partial charge is 0.0431 e. The second-order valence-corrected chi connectivity index (χ2v) is 3.86. The van der Waals surface area contributed by atoms with Crippen LogP contribution in [0.25, 0.3) is 0 Å². The summed E-state index contributed by atoms with van der Waals surface area (Å²) < 4.78 is 0. The van der Waals surface area contributed by atoms with Gasteiger partial charge in [-0.15, -0.1) is 6.42 Å². The van der Waals surface area contributed by atoms with Crippen molar-refractivity contribution in [2.24, 2.45) is 0 Å². The summed E-state index contributed by atoms with van der Waals surface area (Å²) in [5.41, 5.74) is 0. The molecule has 105 valence electrons. The van der Waals surface area contributed by atoms with E-state index in [1.807, 2.05) is 12.2 Å². The maximum Gasteiger partial charge on any atom is 0.0431 e. The maximum absolute atomic E-state index is 8.20. The molecule has 18 heavy (non-hydrogen) atoms. The summed E-state index contributed by atoms with van der Waals surface area (Å²) in [6.07, 6.45) is 16.7. The van der Waals surface area contributed by atoms with Gasteiger partial charge in [-0.1, -0.05) is 39.5 Å². The van der Waals surface area contributed by atoms with Crippen LogP contribution >= 0.6 is 0 Å². The molecule has 3 heteroatoms. The number of allylic oxidation sites excluding steroid dienone is 4. The van der Waals surface area contributed by atoms with E-state index in [-0.39, 0.29) is 35.6 Å². The van der Waals surface area contributed by atoms with E-state index >= 15 is 0 Å². The Morgan fingerprint density at radius 3 is 1.56 bits per heavy atom. The summed E-state index contributed by atoms with van der Waals surface area (Å²) in [4.78, 5) is 0. The van der Waals surface area contributed by atoms with Crippen LogP contribution in [0.1, 0.15) is 58.8 Å². The molecular weight excluding hydrogens is 351 g/mol. The number of hydrogen-bond acceptors (Lipinski definition) is 2. The van der Waals surface area contributed by atoms with Crippen molar-refractivity contribution >= 4 is 0 Å². The predicted molar refractivity (Wildman–Crippen MR) is 74.8 cm³/mol. The first-order chi connectivity index (χ1) is 8.33. The van der Waals surface area contributed by atoms with E-state index in [2.05, 4.69) is 26.0 Å². The monoisotopic (exact) mass is 380 g/mol. The Kier molecular flexibility index (Phi) is 34.5. The standard InChI is InChI=1S/2C5H12O.C5H5.La/c2*1-2-3-4-5-6;1-2-4-5-3-1;/h2*6H,2-5H2,1H3;1-3H,4H2;/q;;-1;. The molecule has 0 saturated carbocycles. The average Bonchev–Trinajstić information content (AvgIpc) is 2.93. The van der Waals surface area contributed by atoms with Crippen molar-refractivity contribution in [3.05, 3.63) is 24.3 Å². The topological polar surface area (TPSA) is 40.5 Å². The van der Waals surface area contributed by atoms with Crippen molar-refractivity contribution < 1.29 is 45.8 Å². The molecule has 0 bridgehead atoms. The Bertz CT molecular complexity index is 142. The second kappa shape index (κ2) is 26.2.